The second-order valence-corrected chi connectivity index (χ2v) is 9.85. The van der Waals surface area contributed by atoms with Crippen LogP contribution in [-0.4, -0.2) is 32.5 Å². The van der Waals surface area contributed by atoms with E-state index in [9.17, 15) is 26.7 Å². The maximum Gasteiger partial charge on any atom is 0.573 e. The highest BCUT2D eigenvalue weighted by Gasteiger charge is 2.40. The number of ether oxygens (including phenoxy) is 1. The minimum absolute atomic E-state index is 0.0513. The summed E-state index contributed by atoms with van der Waals surface area (Å²) in [6.07, 6.45) is -3.38. The summed E-state index contributed by atoms with van der Waals surface area (Å²) in [7, 11) is -4.42. The van der Waals surface area contributed by atoms with E-state index < -0.39 is 33.1 Å². The van der Waals surface area contributed by atoms with E-state index >= 15 is 0 Å². The normalized spacial score (nSPS) is 25.9. The molecule has 0 spiro atoms. The Kier molecular flexibility index (Phi) is 5.76. The molecule has 4 N–H and O–H groups in total. The van der Waals surface area contributed by atoms with Gasteiger partial charge in [0.2, 0.25) is 10.0 Å². The third kappa shape index (κ3) is 6.25. The summed E-state index contributed by atoms with van der Waals surface area (Å²) >= 11 is 0. The second-order valence-electron chi connectivity index (χ2n) is 8.32. The number of nitrogens with two attached hydrogens (primary N) is 1. The Bertz CT molecular complexity index is 796. The average Bonchev–Trinajstić information content (AvgIpc) is 2.40. The topological polar surface area (TPSA) is 102 Å². The molecule has 1 fully saturated rings. The van der Waals surface area contributed by atoms with Gasteiger partial charge in [-0.25, -0.2) is 13.6 Å². The third-order valence-electron chi connectivity index (χ3n) is 4.62. The number of sulfonamides is 1. The number of hydrogen-bond acceptors (Lipinski definition) is 5. The van der Waals surface area contributed by atoms with Gasteiger partial charge < -0.3 is 15.2 Å². The number of rotatable bonds is 5. The van der Waals surface area contributed by atoms with Gasteiger partial charge in [0, 0.05) is 12.2 Å². The number of primary sulfonamides is 1. The van der Waals surface area contributed by atoms with Crippen LogP contribution in [0.4, 0.5) is 18.9 Å². The largest absolute Gasteiger partial charge is 0.573 e. The van der Waals surface area contributed by atoms with Crippen molar-refractivity contribution in [3.8, 4) is 5.75 Å². The maximum absolute atomic E-state index is 12.5. The molecule has 1 aliphatic carbocycles. The highest BCUT2D eigenvalue weighted by molar-refractivity contribution is 7.89. The molecule has 27 heavy (non-hydrogen) atoms. The molecule has 0 bridgehead atoms. The molecule has 0 saturated heterocycles. The highest BCUT2D eigenvalue weighted by atomic mass is 32.2. The van der Waals surface area contributed by atoms with E-state index in [1.165, 1.54) is 6.07 Å². The van der Waals surface area contributed by atoms with E-state index in [1.807, 2.05) is 6.92 Å². The third-order valence-corrected chi connectivity index (χ3v) is 5.55. The van der Waals surface area contributed by atoms with Crippen LogP contribution in [0.1, 0.15) is 40.0 Å². The van der Waals surface area contributed by atoms with Gasteiger partial charge in [-0.05, 0) is 48.3 Å². The number of anilines is 1. The predicted octanol–water partition coefficient (Wildman–Crippen LogP) is 3.22. The van der Waals surface area contributed by atoms with Crippen molar-refractivity contribution in [2.45, 2.75) is 57.4 Å². The molecular formula is C17H25F3N2O4S. The van der Waals surface area contributed by atoms with Crippen LogP contribution in [0.3, 0.4) is 0 Å². The molecule has 0 amide bonds. The molecule has 2 rings (SSSR count). The zero-order valence-electron chi connectivity index (χ0n) is 15.4. The monoisotopic (exact) mass is 410 g/mol. The first-order valence-electron chi connectivity index (χ1n) is 8.43. The van der Waals surface area contributed by atoms with Crippen molar-refractivity contribution in [1.82, 2.24) is 0 Å². The van der Waals surface area contributed by atoms with Crippen LogP contribution in [-0.2, 0) is 10.0 Å². The fraction of sp³-hybridized carbons (Fsp3) is 0.647. The molecular weight excluding hydrogens is 385 g/mol. The van der Waals surface area contributed by atoms with Gasteiger partial charge in [-0.3, -0.25) is 0 Å². The molecule has 1 aliphatic rings. The molecule has 0 aromatic heterocycles. The summed E-state index contributed by atoms with van der Waals surface area (Å²) in [4.78, 5) is -0.751. The van der Waals surface area contributed by atoms with Crippen molar-refractivity contribution in [2.75, 3.05) is 11.9 Å². The first-order valence-corrected chi connectivity index (χ1v) is 9.98. The fourth-order valence-corrected chi connectivity index (χ4v) is 4.76. The van der Waals surface area contributed by atoms with Crippen LogP contribution in [0.5, 0.6) is 5.75 Å². The zero-order valence-corrected chi connectivity index (χ0v) is 16.2. The fourth-order valence-electron chi connectivity index (χ4n) is 4.08. The van der Waals surface area contributed by atoms with Crippen molar-refractivity contribution in [2.24, 2.45) is 16.0 Å². The van der Waals surface area contributed by atoms with Crippen molar-refractivity contribution in [3.05, 3.63) is 18.2 Å². The summed E-state index contributed by atoms with van der Waals surface area (Å²) in [5.74, 6) is -0.879. The lowest BCUT2D eigenvalue weighted by molar-refractivity contribution is -0.275. The van der Waals surface area contributed by atoms with Gasteiger partial charge in [0.25, 0.3) is 0 Å². The zero-order chi connectivity index (χ0) is 20.7. The van der Waals surface area contributed by atoms with Gasteiger partial charge in [-0.2, -0.15) is 0 Å². The Hall–Kier alpha value is -1.52. The molecule has 2 unspecified atom stereocenters. The quantitative estimate of drug-likeness (QED) is 0.692. The Morgan fingerprint density at radius 3 is 2.44 bits per heavy atom. The Morgan fingerprint density at radius 1 is 1.30 bits per heavy atom. The Morgan fingerprint density at radius 2 is 1.93 bits per heavy atom. The van der Waals surface area contributed by atoms with E-state index in [2.05, 4.69) is 23.9 Å². The number of alkyl halides is 3. The molecule has 0 heterocycles. The van der Waals surface area contributed by atoms with Crippen molar-refractivity contribution < 1.29 is 31.4 Å². The van der Waals surface area contributed by atoms with Gasteiger partial charge in [-0.15, -0.1) is 13.2 Å². The highest BCUT2D eigenvalue weighted by Crippen LogP contribution is 2.46. The smallest absolute Gasteiger partial charge is 0.404 e. The van der Waals surface area contributed by atoms with Gasteiger partial charge in [0.15, 0.2) is 0 Å². The lowest BCUT2D eigenvalue weighted by Gasteiger charge is -2.45. The number of hydrogen-bond donors (Lipinski definition) is 3. The molecule has 154 valence electrons. The van der Waals surface area contributed by atoms with Crippen LogP contribution in [0.15, 0.2) is 23.1 Å². The standard InChI is InChI=1S/C17H25F3N2O4S/c1-15(2)7-12(23)8-16(3,9-15)10-22-11-4-5-13(26-17(18,19)20)14(6-11)27(21,24)25/h4-6,12,22-23H,7-10H2,1-3H3,(H2,21,24,25). The number of aliphatic hydroxyl groups excluding tert-OH is 1. The van der Waals surface area contributed by atoms with E-state index in [4.69, 9.17) is 5.14 Å². The molecule has 1 saturated carbocycles. The van der Waals surface area contributed by atoms with E-state index in [0.717, 1.165) is 18.6 Å². The summed E-state index contributed by atoms with van der Waals surface area (Å²) in [5, 5.41) is 18.2. The Balaban J connectivity index is 2.22. The number of aliphatic hydroxyl groups is 1. The molecule has 2 atom stereocenters. The van der Waals surface area contributed by atoms with Crippen LogP contribution in [0.2, 0.25) is 0 Å². The van der Waals surface area contributed by atoms with Crippen LogP contribution in [0.25, 0.3) is 0 Å². The second kappa shape index (κ2) is 7.14. The van der Waals surface area contributed by atoms with E-state index in [1.54, 1.807) is 0 Å². The SMILES string of the molecule is CC1(C)CC(O)CC(C)(CNc2ccc(OC(F)(F)F)c(S(N)(=O)=O)c2)C1. The lowest BCUT2D eigenvalue weighted by Crippen LogP contribution is -2.42. The van der Waals surface area contributed by atoms with Gasteiger partial charge >= 0.3 is 6.36 Å². The molecule has 10 heteroatoms. The predicted molar refractivity (Wildman–Crippen MR) is 94.7 cm³/mol. The number of benzene rings is 1. The number of halogens is 3. The van der Waals surface area contributed by atoms with Gasteiger partial charge in [0.1, 0.15) is 10.6 Å². The molecule has 0 radical (unpaired) electrons. The summed E-state index contributed by atoms with van der Waals surface area (Å²) < 4.78 is 64.5. The van der Waals surface area contributed by atoms with Crippen molar-refractivity contribution >= 4 is 15.7 Å². The Labute approximate surface area is 156 Å². The summed E-state index contributed by atoms with van der Waals surface area (Å²) in [6.45, 7) is 6.55. The molecule has 6 nitrogen and oxygen atoms in total. The summed E-state index contributed by atoms with van der Waals surface area (Å²) in [5.41, 5.74) is -0.0124. The van der Waals surface area contributed by atoms with Crippen LogP contribution in [0, 0.1) is 10.8 Å². The van der Waals surface area contributed by atoms with Gasteiger partial charge in [0.05, 0.1) is 6.10 Å². The van der Waals surface area contributed by atoms with E-state index in [-0.39, 0.29) is 10.8 Å². The van der Waals surface area contributed by atoms with Crippen LogP contribution < -0.4 is 15.2 Å². The lowest BCUT2D eigenvalue weighted by atomic mass is 9.63. The minimum Gasteiger partial charge on any atom is -0.404 e. The van der Waals surface area contributed by atoms with Gasteiger partial charge in [-0.1, -0.05) is 20.8 Å². The first-order chi connectivity index (χ1) is 12.1. The molecule has 1 aromatic carbocycles. The average molecular weight is 410 g/mol. The first kappa shape index (κ1) is 21.8. The molecule has 1 aromatic rings. The maximum atomic E-state index is 12.5. The van der Waals surface area contributed by atoms with Crippen molar-refractivity contribution in [1.29, 1.82) is 0 Å². The number of nitrogens with one attached hydrogen (secondary N) is 1. The van der Waals surface area contributed by atoms with E-state index in [0.29, 0.717) is 25.1 Å². The van der Waals surface area contributed by atoms with Crippen molar-refractivity contribution in [3.63, 3.8) is 0 Å². The minimum atomic E-state index is -5.04. The molecule has 0 aliphatic heterocycles. The summed E-state index contributed by atoms with van der Waals surface area (Å²) in [6, 6.07) is 3.23. The van der Waals surface area contributed by atoms with Crippen LogP contribution >= 0.6 is 0 Å².